The van der Waals surface area contributed by atoms with Crippen LogP contribution in [0.4, 0.5) is 0 Å². The van der Waals surface area contributed by atoms with Crippen LogP contribution in [0.3, 0.4) is 0 Å². The number of nitrogens with zero attached hydrogens (tertiary/aromatic N) is 1. The molecule has 3 heteroatoms. The van der Waals surface area contributed by atoms with E-state index < -0.39 is 0 Å². The Hall–Kier alpha value is -0.860. The lowest BCUT2D eigenvalue weighted by molar-refractivity contribution is -0.121. The minimum atomic E-state index is -0.219. The molecule has 0 heterocycles. The van der Waals surface area contributed by atoms with Crippen molar-refractivity contribution in [3.63, 3.8) is 0 Å². The van der Waals surface area contributed by atoms with E-state index in [0.717, 1.165) is 6.42 Å². The maximum atomic E-state index is 11.4. The maximum Gasteiger partial charge on any atom is 0.250 e. The van der Waals surface area contributed by atoms with Crippen molar-refractivity contribution >= 4 is 11.7 Å². The highest BCUT2D eigenvalue weighted by Crippen LogP contribution is 2.14. The molecular formula is C10H20N2O. The molecule has 0 saturated carbocycles. The van der Waals surface area contributed by atoms with Gasteiger partial charge in [-0.15, -0.1) is 0 Å². The summed E-state index contributed by atoms with van der Waals surface area (Å²) in [6.45, 7) is 9.65. The van der Waals surface area contributed by atoms with E-state index in [1.807, 2.05) is 34.6 Å². The summed E-state index contributed by atoms with van der Waals surface area (Å²) in [7, 11) is 0. The van der Waals surface area contributed by atoms with Gasteiger partial charge in [0.05, 0.1) is 0 Å². The van der Waals surface area contributed by atoms with Gasteiger partial charge in [-0.2, -0.15) is 4.99 Å². The molecule has 0 rings (SSSR count). The monoisotopic (exact) mass is 184 g/mol. The Morgan fingerprint density at radius 3 is 2.23 bits per heavy atom. The van der Waals surface area contributed by atoms with Crippen molar-refractivity contribution in [1.82, 2.24) is 0 Å². The molecule has 0 fully saturated rings. The van der Waals surface area contributed by atoms with E-state index in [-0.39, 0.29) is 17.2 Å². The Balaban J connectivity index is 4.49. The molecule has 76 valence electrons. The molecule has 1 unspecified atom stereocenters. The number of aliphatic imine (C=N–C) groups is 1. The van der Waals surface area contributed by atoms with E-state index in [1.54, 1.807) is 0 Å². The SMILES string of the molecule is CCC(C)C(=O)N=C(N)C(C)(C)C. The lowest BCUT2D eigenvalue weighted by Gasteiger charge is -2.17. The molecule has 0 bridgehead atoms. The number of amides is 1. The highest BCUT2D eigenvalue weighted by Gasteiger charge is 2.18. The summed E-state index contributed by atoms with van der Waals surface area (Å²) < 4.78 is 0. The van der Waals surface area contributed by atoms with E-state index >= 15 is 0 Å². The molecule has 0 radical (unpaired) electrons. The zero-order valence-corrected chi connectivity index (χ0v) is 9.22. The third-order valence-electron chi connectivity index (χ3n) is 2.03. The first kappa shape index (κ1) is 12.1. The molecular weight excluding hydrogens is 164 g/mol. The van der Waals surface area contributed by atoms with E-state index in [2.05, 4.69) is 4.99 Å². The predicted molar refractivity (Wildman–Crippen MR) is 55.5 cm³/mol. The van der Waals surface area contributed by atoms with Crippen molar-refractivity contribution in [3.05, 3.63) is 0 Å². The Morgan fingerprint density at radius 1 is 1.46 bits per heavy atom. The van der Waals surface area contributed by atoms with Crippen LogP contribution >= 0.6 is 0 Å². The molecule has 0 spiro atoms. The summed E-state index contributed by atoms with van der Waals surface area (Å²) in [5, 5.41) is 0. The highest BCUT2D eigenvalue weighted by molar-refractivity contribution is 5.96. The van der Waals surface area contributed by atoms with Gasteiger partial charge < -0.3 is 5.73 Å². The molecule has 0 aromatic rings. The van der Waals surface area contributed by atoms with Crippen molar-refractivity contribution in [3.8, 4) is 0 Å². The van der Waals surface area contributed by atoms with Crippen molar-refractivity contribution in [2.24, 2.45) is 22.1 Å². The minimum absolute atomic E-state index is 0.0269. The second-order valence-electron chi connectivity index (χ2n) is 4.39. The van der Waals surface area contributed by atoms with Gasteiger partial charge in [0.15, 0.2) is 0 Å². The Bertz CT molecular complexity index is 213. The van der Waals surface area contributed by atoms with E-state index in [9.17, 15) is 4.79 Å². The number of hydrogen-bond acceptors (Lipinski definition) is 1. The highest BCUT2D eigenvalue weighted by atomic mass is 16.1. The molecule has 0 aromatic heterocycles. The van der Waals surface area contributed by atoms with Crippen LogP contribution < -0.4 is 5.73 Å². The molecule has 0 aliphatic rings. The number of rotatable bonds is 2. The summed E-state index contributed by atoms with van der Waals surface area (Å²) in [6.07, 6.45) is 0.805. The first-order valence-corrected chi connectivity index (χ1v) is 4.67. The fourth-order valence-electron chi connectivity index (χ4n) is 0.571. The van der Waals surface area contributed by atoms with E-state index in [4.69, 9.17) is 5.73 Å². The third kappa shape index (κ3) is 4.06. The van der Waals surface area contributed by atoms with E-state index in [1.165, 1.54) is 0 Å². The summed E-state index contributed by atoms with van der Waals surface area (Å²) in [5.74, 6) is 0.272. The topological polar surface area (TPSA) is 55.5 Å². The number of hydrogen-bond donors (Lipinski definition) is 1. The fraction of sp³-hybridized carbons (Fsp3) is 0.800. The first-order valence-electron chi connectivity index (χ1n) is 4.67. The Morgan fingerprint density at radius 2 is 1.92 bits per heavy atom. The molecule has 13 heavy (non-hydrogen) atoms. The van der Waals surface area contributed by atoms with Crippen molar-refractivity contribution in [2.75, 3.05) is 0 Å². The van der Waals surface area contributed by atoms with Crippen molar-refractivity contribution in [1.29, 1.82) is 0 Å². The van der Waals surface area contributed by atoms with Gasteiger partial charge in [-0.05, 0) is 6.42 Å². The average Bonchev–Trinajstić information content (AvgIpc) is 2.01. The molecule has 1 amide bonds. The molecule has 3 nitrogen and oxygen atoms in total. The van der Waals surface area contributed by atoms with Crippen LogP contribution in [0.1, 0.15) is 41.0 Å². The van der Waals surface area contributed by atoms with Crippen LogP contribution in [0.5, 0.6) is 0 Å². The zero-order chi connectivity index (χ0) is 10.6. The largest absolute Gasteiger partial charge is 0.387 e. The van der Waals surface area contributed by atoms with Gasteiger partial charge in [-0.3, -0.25) is 4.79 Å². The standard InChI is InChI=1S/C10H20N2O/c1-6-7(2)8(13)12-9(11)10(3,4)5/h7H,6H2,1-5H3,(H2,11,12,13). The molecule has 0 aliphatic carbocycles. The zero-order valence-electron chi connectivity index (χ0n) is 9.22. The first-order chi connectivity index (χ1) is 5.79. The summed E-state index contributed by atoms with van der Waals surface area (Å²) >= 11 is 0. The van der Waals surface area contributed by atoms with Gasteiger partial charge in [0.25, 0.3) is 0 Å². The lowest BCUT2D eigenvalue weighted by atomic mass is 9.95. The average molecular weight is 184 g/mol. The minimum Gasteiger partial charge on any atom is -0.387 e. The van der Waals surface area contributed by atoms with Gasteiger partial charge in [0.1, 0.15) is 5.84 Å². The van der Waals surface area contributed by atoms with Crippen LogP contribution in [0.15, 0.2) is 4.99 Å². The smallest absolute Gasteiger partial charge is 0.250 e. The normalized spacial score (nSPS) is 15.6. The van der Waals surface area contributed by atoms with Gasteiger partial charge in [0, 0.05) is 11.3 Å². The third-order valence-corrected chi connectivity index (χ3v) is 2.03. The van der Waals surface area contributed by atoms with Crippen LogP contribution in [0.2, 0.25) is 0 Å². The fourth-order valence-corrected chi connectivity index (χ4v) is 0.571. The van der Waals surface area contributed by atoms with Gasteiger partial charge in [-0.25, -0.2) is 0 Å². The second-order valence-corrected chi connectivity index (χ2v) is 4.39. The van der Waals surface area contributed by atoms with Crippen LogP contribution in [-0.2, 0) is 4.79 Å². The number of carbonyl (C=O) groups is 1. The van der Waals surface area contributed by atoms with Gasteiger partial charge >= 0.3 is 0 Å². The molecule has 0 aromatic carbocycles. The molecule has 0 aliphatic heterocycles. The molecule has 2 N–H and O–H groups in total. The lowest BCUT2D eigenvalue weighted by Crippen LogP contribution is -2.30. The summed E-state index contributed by atoms with van der Waals surface area (Å²) in [5.41, 5.74) is 5.45. The summed E-state index contributed by atoms with van der Waals surface area (Å²) in [6, 6.07) is 0. The molecule has 0 saturated heterocycles. The van der Waals surface area contributed by atoms with Crippen LogP contribution in [-0.4, -0.2) is 11.7 Å². The number of nitrogens with two attached hydrogens (primary N) is 1. The Kier molecular flexibility index (Phi) is 4.11. The van der Waals surface area contributed by atoms with Crippen LogP contribution in [0.25, 0.3) is 0 Å². The van der Waals surface area contributed by atoms with Gasteiger partial charge in [0.2, 0.25) is 5.91 Å². The van der Waals surface area contributed by atoms with Gasteiger partial charge in [-0.1, -0.05) is 34.6 Å². The molecule has 1 atom stereocenters. The number of amidine groups is 1. The number of carbonyl (C=O) groups excluding carboxylic acids is 1. The second kappa shape index (κ2) is 4.40. The quantitative estimate of drug-likeness (QED) is 0.527. The van der Waals surface area contributed by atoms with Crippen LogP contribution in [0, 0.1) is 11.3 Å². The Labute approximate surface area is 80.4 Å². The maximum absolute atomic E-state index is 11.4. The van der Waals surface area contributed by atoms with Crippen molar-refractivity contribution < 1.29 is 4.79 Å². The van der Waals surface area contributed by atoms with Crippen molar-refractivity contribution in [2.45, 2.75) is 41.0 Å². The summed E-state index contributed by atoms with van der Waals surface area (Å²) in [4.78, 5) is 15.2. The van der Waals surface area contributed by atoms with E-state index in [0.29, 0.717) is 5.84 Å². The predicted octanol–water partition coefficient (Wildman–Crippen LogP) is 1.96.